The molecule has 6 heteroatoms. The number of hydrogen-bond donors (Lipinski definition) is 0. The van der Waals surface area contributed by atoms with Crippen molar-refractivity contribution in [2.75, 3.05) is 13.2 Å². The van der Waals surface area contributed by atoms with Gasteiger partial charge >= 0.3 is 0 Å². The van der Waals surface area contributed by atoms with Crippen molar-refractivity contribution in [3.8, 4) is 0 Å². The van der Waals surface area contributed by atoms with E-state index in [0.717, 1.165) is 19.4 Å². The zero-order valence-corrected chi connectivity index (χ0v) is 10.9. The molecule has 2 rings (SSSR count). The molecule has 0 aliphatic carbocycles. The Kier molecular flexibility index (Phi) is 3.63. The molecule has 2 heterocycles. The summed E-state index contributed by atoms with van der Waals surface area (Å²) in [7, 11) is 0. The van der Waals surface area contributed by atoms with Gasteiger partial charge in [0.05, 0.1) is 19.0 Å². The van der Waals surface area contributed by atoms with Crippen LogP contribution >= 0.6 is 34.2 Å². The van der Waals surface area contributed by atoms with Gasteiger partial charge in [0.25, 0.3) is 5.56 Å². The van der Waals surface area contributed by atoms with Gasteiger partial charge in [0.15, 0.2) is 0 Å². The SMILES string of the molecule is O=c1c(I)c(Cl)ncn1C1CCCOC1. The van der Waals surface area contributed by atoms with Crippen LogP contribution in [0.15, 0.2) is 11.1 Å². The van der Waals surface area contributed by atoms with Crippen molar-refractivity contribution < 1.29 is 4.74 Å². The lowest BCUT2D eigenvalue weighted by Gasteiger charge is -2.23. The van der Waals surface area contributed by atoms with Crippen LogP contribution in [0.2, 0.25) is 5.15 Å². The molecule has 0 amide bonds. The van der Waals surface area contributed by atoms with Crippen molar-refractivity contribution in [3.05, 3.63) is 25.4 Å². The van der Waals surface area contributed by atoms with E-state index in [1.54, 1.807) is 4.57 Å². The van der Waals surface area contributed by atoms with Gasteiger partial charge in [-0.3, -0.25) is 9.36 Å². The van der Waals surface area contributed by atoms with Gasteiger partial charge in [-0.2, -0.15) is 0 Å². The van der Waals surface area contributed by atoms with Gasteiger partial charge in [-0.05, 0) is 35.4 Å². The van der Waals surface area contributed by atoms with Crippen LogP contribution in [0, 0.1) is 3.57 Å². The minimum absolute atomic E-state index is 0.0777. The molecule has 1 atom stereocenters. The standard InChI is InChI=1S/C9H10ClIN2O2/c10-8-7(11)9(14)13(5-12-8)6-2-1-3-15-4-6/h5-6H,1-4H2. The molecular weight excluding hydrogens is 330 g/mol. The van der Waals surface area contributed by atoms with Gasteiger partial charge in [0.1, 0.15) is 8.72 Å². The molecule has 1 aromatic rings. The Morgan fingerprint density at radius 2 is 2.47 bits per heavy atom. The Hall–Kier alpha value is -0.140. The number of rotatable bonds is 1. The molecule has 0 saturated carbocycles. The van der Waals surface area contributed by atoms with Gasteiger partial charge in [-0.1, -0.05) is 11.6 Å². The summed E-state index contributed by atoms with van der Waals surface area (Å²) < 4.78 is 7.43. The zero-order chi connectivity index (χ0) is 10.8. The van der Waals surface area contributed by atoms with E-state index in [1.807, 2.05) is 22.6 Å². The van der Waals surface area contributed by atoms with E-state index in [0.29, 0.717) is 10.2 Å². The lowest BCUT2D eigenvalue weighted by molar-refractivity contribution is 0.0575. The lowest BCUT2D eigenvalue weighted by atomic mass is 10.1. The summed E-state index contributed by atoms with van der Waals surface area (Å²) >= 11 is 7.68. The maximum atomic E-state index is 11.9. The summed E-state index contributed by atoms with van der Waals surface area (Å²) in [4.78, 5) is 15.8. The fraction of sp³-hybridized carbons (Fsp3) is 0.556. The average Bonchev–Trinajstić information content (AvgIpc) is 2.27. The van der Waals surface area contributed by atoms with Crippen molar-refractivity contribution in [2.24, 2.45) is 0 Å². The minimum Gasteiger partial charge on any atom is -0.379 e. The second-order valence-electron chi connectivity index (χ2n) is 3.43. The summed E-state index contributed by atoms with van der Waals surface area (Å²) in [6.07, 6.45) is 3.45. The van der Waals surface area contributed by atoms with Gasteiger partial charge < -0.3 is 4.74 Å². The highest BCUT2D eigenvalue weighted by Gasteiger charge is 2.18. The van der Waals surface area contributed by atoms with Crippen LogP contribution in [0.5, 0.6) is 0 Å². The largest absolute Gasteiger partial charge is 0.379 e. The molecule has 0 bridgehead atoms. The molecule has 1 aromatic heterocycles. The van der Waals surface area contributed by atoms with Gasteiger partial charge in [-0.15, -0.1) is 0 Å². The number of halogens is 2. The first-order valence-electron chi connectivity index (χ1n) is 4.70. The summed E-state index contributed by atoms with van der Waals surface area (Å²) in [6.45, 7) is 1.36. The maximum Gasteiger partial charge on any atom is 0.268 e. The van der Waals surface area contributed by atoms with Crippen LogP contribution in [0.1, 0.15) is 18.9 Å². The van der Waals surface area contributed by atoms with Crippen molar-refractivity contribution >= 4 is 34.2 Å². The molecule has 82 valence electrons. The van der Waals surface area contributed by atoms with Crippen LogP contribution in [-0.2, 0) is 4.74 Å². The molecule has 1 fully saturated rings. The predicted octanol–water partition coefficient (Wildman–Crippen LogP) is 1.85. The van der Waals surface area contributed by atoms with E-state index in [2.05, 4.69) is 4.98 Å². The van der Waals surface area contributed by atoms with E-state index < -0.39 is 0 Å². The third-order valence-corrected chi connectivity index (χ3v) is 4.01. The predicted molar refractivity (Wildman–Crippen MR) is 65.3 cm³/mol. The fourth-order valence-electron chi connectivity index (χ4n) is 1.63. The van der Waals surface area contributed by atoms with E-state index in [-0.39, 0.29) is 16.8 Å². The Morgan fingerprint density at radius 1 is 1.67 bits per heavy atom. The number of ether oxygens (including phenoxy) is 1. The van der Waals surface area contributed by atoms with Crippen LogP contribution in [0.4, 0.5) is 0 Å². The molecule has 0 aromatic carbocycles. The maximum absolute atomic E-state index is 11.9. The quantitative estimate of drug-likeness (QED) is 0.579. The molecule has 1 saturated heterocycles. The van der Waals surface area contributed by atoms with Crippen LogP contribution in [0.3, 0.4) is 0 Å². The summed E-state index contributed by atoms with van der Waals surface area (Å²) in [5.41, 5.74) is -0.0777. The van der Waals surface area contributed by atoms with Crippen molar-refractivity contribution in [3.63, 3.8) is 0 Å². The highest BCUT2D eigenvalue weighted by atomic mass is 127. The monoisotopic (exact) mass is 340 g/mol. The summed E-state index contributed by atoms with van der Waals surface area (Å²) in [5.74, 6) is 0. The molecule has 0 N–H and O–H groups in total. The molecule has 15 heavy (non-hydrogen) atoms. The normalized spacial score (nSPS) is 21.6. The average molecular weight is 341 g/mol. The number of hydrogen-bond acceptors (Lipinski definition) is 3. The zero-order valence-electron chi connectivity index (χ0n) is 7.95. The Morgan fingerprint density at radius 3 is 3.13 bits per heavy atom. The molecular formula is C9H10ClIN2O2. The van der Waals surface area contributed by atoms with E-state index >= 15 is 0 Å². The number of nitrogens with zero attached hydrogens (tertiary/aromatic N) is 2. The highest BCUT2D eigenvalue weighted by molar-refractivity contribution is 14.1. The first-order valence-corrected chi connectivity index (χ1v) is 6.15. The van der Waals surface area contributed by atoms with Crippen LogP contribution in [-0.4, -0.2) is 22.8 Å². The second-order valence-corrected chi connectivity index (χ2v) is 4.87. The van der Waals surface area contributed by atoms with Crippen molar-refractivity contribution in [1.82, 2.24) is 9.55 Å². The van der Waals surface area contributed by atoms with E-state index in [4.69, 9.17) is 16.3 Å². The Bertz CT molecular complexity index is 415. The Balaban J connectivity index is 2.35. The van der Waals surface area contributed by atoms with E-state index in [9.17, 15) is 4.79 Å². The lowest BCUT2D eigenvalue weighted by Crippen LogP contribution is -2.32. The minimum atomic E-state index is -0.0777. The van der Waals surface area contributed by atoms with Gasteiger partial charge in [0, 0.05) is 6.61 Å². The van der Waals surface area contributed by atoms with Crippen LogP contribution in [0.25, 0.3) is 0 Å². The van der Waals surface area contributed by atoms with Gasteiger partial charge in [-0.25, -0.2) is 4.98 Å². The molecule has 1 unspecified atom stereocenters. The van der Waals surface area contributed by atoms with Crippen molar-refractivity contribution in [1.29, 1.82) is 0 Å². The smallest absolute Gasteiger partial charge is 0.268 e. The van der Waals surface area contributed by atoms with Crippen LogP contribution < -0.4 is 5.56 Å². The molecule has 0 radical (unpaired) electrons. The highest BCUT2D eigenvalue weighted by Crippen LogP contribution is 2.18. The van der Waals surface area contributed by atoms with E-state index in [1.165, 1.54) is 6.33 Å². The molecule has 1 aliphatic rings. The first-order chi connectivity index (χ1) is 7.20. The molecule has 4 nitrogen and oxygen atoms in total. The van der Waals surface area contributed by atoms with Gasteiger partial charge in [0.2, 0.25) is 0 Å². The summed E-state index contributed by atoms with van der Waals surface area (Å²) in [6, 6.07) is 0.101. The van der Waals surface area contributed by atoms with Crippen molar-refractivity contribution in [2.45, 2.75) is 18.9 Å². The topological polar surface area (TPSA) is 44.1 Å². The summed E-state index contributed by atoms with van der Waals surface area (Å²) in [5, 5.41) is 0.272. The number of aromatic nitrogens is 2. The molecule has 1 aliphatic heterocycles. The Labute approximate surface area is 106 Å². The fourth-order valence-corrected chi connectivity index (χ4v) is 2.17. The third kappa shape index (κ3) is 2.34. The second kappa shape index (κ2) is 4.80. The molecule has 0 spiro atoms. The first kappa shape index (κ1) is 11.3. The third-order valence-electron chi connectivity index (χ3n) is 2.43.